The Balaban J connectivity index is 1.54. The number of rotatable bonds is 12. The Kier molecular flexibility index (Phi) is 11.3. The van der Waals surface area contributed by atoms with Crippen LogP contribution in [0.1, 0.15) is 194 Å². The maximum absolute atomic E-state index is 2.72. The molecule has 0 aliphatic heterocycles. The van der Waals surface area contributed by atoms with E-state index in [0.717, 1.165) is 103 Å². The van der Waals surface area contributed by atoms with Crippen molar-refractivity contribution < 1.29 is 0 Å². The Morgan fingerprint density at radius 3 is 0.519 bits per heavy atom. The SMILES string of the molecule is CCc1c(CC)c(CC)c2c(c1CC)Cc1c(c(CC)c3cc4c(CC)c5c(c(CC)c4cc3c1CC)Cc1c(CC)c(CC)c(CC)c(CC)c1C5)C2. The van der Waals surface area contributed by atoms with Gasteiger partial charge in [-0.05, 0) is 248 Å². The van der Waals surface area contributed by atoms with Crippen molar-refractivity contribution in [3.63, 3.8) is 0 Å². The number of hydrogen-bond donors (Lipinski definition) is 0. The summed E-state index contributed by atoms with van der Waals surface area (Å²) in [6.45, 7) is 29.0. The fourth-order valence-electron chi connectivity index (χ4n) is 12.6. The van der Waals surface area contributed by atoms with Gasteiger partial charge in [-0.3, -0.25) is 0 Å². The Labute approximate surface area is 329 Å². The number of aryl methyl sites for hydroxylation is 4. The molecular weight excluding hydrogens is 649 g/mol. The van der Waals surface area contributed by atoms with Crippen LogP contribution in [-0.4, -0.2) is 0 Å². The van der Waals surface area contributed by atoms with Gasteiger partial charge in [0.1, 0.15) is 0 Å². The predicted octanol–water partition coefficient (Wildman–Crippen LogP) is 13.7. The molecule has 0 unspecified atom stereocenters. The fraction of sp³-hybridized carbons (Fsp3) is 0.519. The third-order valence-electron chi connectivity index (χ3n) is 14.7. The van der Waals surface area contributed by atoms with Gasteiger partial charge in [0.25, 0.3) is 0 Å². The first-order valence-corrected chi connectivity index (χ1v) is 22.7. The second-order valence-electron chi connectivity index (χ2n) is 16.5. The van der Waals surface area contributed by atoms with Crippen molar-refractivity contribution in [1.82, 2.24) is 0 Å². The molecular formula is C54H70. The monoisotopic (exact) mass is 719 g/mol. The Hall–Kier alpha value is -3.38. The summed E-state index contributed by atoms with van der Waals surface area (Å²) in [6, 6.07) is 5.44. The molecule has 0 heterocycles. The normalized spacial score (nSPS) is 13.4. The summed E-state index contributed by atoms with van der Waals surface area (Å²) in [7, 11) is 0. The molecule has 286 valence electrons. The van der Waals surface area contributed by atoms with E-state index in [-0.39, 0.29) is 0 Å². The minimum atomic E-state index is 1.10. The lowest BCUT2D eigenvalue weighted by Gasteiger charge is -2.34. The van der Waals surface area contributed by atoms with Gasteiger partial charge in [-0.15, -0.1) is 0 Å². The highest BCUT2D eigenvalue weighted by Crippen LogP contribution is 2.47. The van der Waals surface area contributed by atoms with E-state index in [0.29, 0.717) is 0 Å². The maximum atomic E-state index is 2.72. The van der Waals surface area contributed by atoms with Crippen LogP contribution in [0.4, 0.5) is 0 Å². The quantitative estimate of drug-likeness (QED) is 0.110. The standard InChI is InChI=1S/C54H70/c1-13-31-32(14-2)36(18-6)44-26-48-40(22-10)52-30-54-42(24-12)50-28-46-38(20-8)34(16-4)33(15-3)37(19-7)45(46)27-49(50)41(23-11)53(54)29-51(52)39(21-9)47(48)25-43(44)35(31)17-5/h29-30H,13-28H2,1-12H3. The van der Waals surface area contributed by atoms with Crippen LogP contribution in [0.25, 0.3) is 21.5 Å². The predicted molar refractivity (Wildman–Crippen MR) is 238 cm³/mol. The molecule has 0 spiro atoms. The van der Waals surface area contributed by atoms with Gasteiger partial charge in [0.2, 0.25) is 0 Å². The molecule has 0 saturated heterocycles. The summed E-state index contributed by atoms with van der Waals surface area (Å²) < 4.78 is 0. The topological polar surface area (TPSA) is 0 Å². The van der Waals surface area contributed by atoms with Crippen molar-refractivity contribution in [1.29, 1.82) is 0 Å². The van der Waals surface area contributed by atoms with Gasteiger partial charge in [0, 0.05) is 0 Å². The van der Waals surface area contributed by atoms with Gasteiger partial charge in [-0.2, -0.15) is 0 Å². The molecule has 0 saturated carbocycles. The molecule has 2 aliphatic rings. The third-order valence-corrected chi connectivity index (χ3v) is 14.7. The lowest BCUT2D eigenvalue weighted by molar-refractivity contribution is 0.854. The number of benzene rings is 5. The fourth-order valence-corrected chi connectivity index (χ4v) is 12.6. The highest BCUT2D eigenvalue weighted by Gasteiger charge is 2.32. The molecule has 0 heteroatoms. The smallest absolute Gasteiger partial charge is 0.00141 e. The van der Waals surface area contributed by atoms with Crippen LogP contribution in [0.15, 0.2) is 12.1 Å². The Morgan fingerprint density at radius 1 is 0.222 bits per heavy atom. The molecule has 0 atom stereocenters. The summed E-state index contributed by atoms with van der Waals surface area (Å²) in [6.07, 6.45) is 18.0. The summed E-state index contributed by atoms with van der Waals surface area (Å²) in [4.78, 5) is 0. The van der Waals surface area contributed by atoms with E-state index < -0.39 is 0 Å². The minimum absolute atomic E-state index is 1.10. The average Bonchev–Trinajstić information content (AvgIpc) is 3.20. The average molecular weight is 719 g/mol. The van der Waals surface area contributed by atoms with Crippen LogP contribution in [0.2, 0.25) is 0 Å². The minimum Gasteiger partial charge on any atom is -0.0613 e. The molecule has 54 heavy (non-hydrogen) atoms. The van der Waals surface area contributed by atoms with Crippen molar-refractivity contribution in [3.05, 3.63) is 123 Å². The van der Waals surface area contributed by atoms with Crippen LogP contribution < -0.4 is 0 Å². The van der Waals surface area contributed by atoms with Crippen LogP contribution in [0.3, 0.4) is 0 Å². The summed E-state index contributed by atoms with van der Waals surface area (Å²) in [5, 5.41) is 6.20. The molecule has 0 fully saturated rings. The van der Waals surface area contributed by atoms with E-state index in [2.05, 4.69) is 95.2 Å². The highest BCUT2D eigenvalue weighted by molar-refractivity contribution is 6.06. The van der Waals surface area contributed by atoms with Gasteiger partial charge in [0.15, 0.2) is 0 Å². The lowest BCUT2D eigenvalue weighted by atomic mass is 9.70. The number of fused-ring (bicyclic) bond motifs is 6. The Bertz CT molecular complexity index is 1970. The van der Waals surface area contributed by atoms with Crippen LogP contribution in [0, 0.1) is 0 Å². The second kappa shape index (κ2) is 15.6. The van der Waals surface area contributed by atoms with Crippen molar-refractivity contribution in [3.8, 4) is 0 Å². The molecule has 0 bridgehead atoms. The van der Waals surface area contributed by atoms with Gasteiger partial charge in [0.05, 0.1) is 0 Å². The van der Waals surface area contributed by atoms with E-state index in [1.807, 2.05) is 0 Å². The molecule has 2 aliphatic carbocycles. The zero-order valence-electron chi connectivity index (χ0n) is 36.5. The van der Waals surface area contributed by atoms with Gasteiger partial charge >= 0.3 is 0 Å². The molecule has 5 aromatic carbocycles. The molecule has 5 aromatic rings. The van der Waals surface area contributed by atoms with E-state index in [4.69, 9.17) is 0 Å². The van der Waals surface area contributed by atoms with Crippen molar-refractivity contribution >= 4 is 21.5 Å². The molecule has 0 amide bonds. The summed E-state index contributed by atoms with van der Waals surface area (Å²) in [5.41, 5.74) is 33.4. The molecule has 0 N–H and O–H groups in total. The molecule has 0 nitrogen and oxygen atoms in total. The summed E-state index contributed by atoms with van der Waals surface area (Å²) in [5.74, 6) is 0. The van der Waals surface area contributed by atoms with Crippen molar-refractivity contribution in [2.45, 2.75) is 186 Å². The zero-order chi connectivity index (χ0) is 38.6. The van der Waals surface area contributed by atoms with Crippen LogP contribution >= 0.6 is 0 Å². The first kappa shape index (κ1) is 38.9. The van der Waals surface area contributed by atoms with Crippen molar-refractivity contribution in [2.75, 3.05) is 0 Å². The third kappa shape index (κ3) is 5.58. The van der Waals surface area contributed by atoms with E-state index in [1.54, 1.807) is 133 Å². The van der Waals surface area contributed by atoms with Crippen LogP contribution in [0.5, 0.6) is 0 Å². The maximum Gasteiger partial charge on any atom is -0.00141 e. The van der Waals surface area contributed by atoms with E-state index >= 15 is 0 Å². The molecule has 0 aromatic heterocycles. The van der Waals surface area contributed by atoms with Crippen LogP contribution in [-0.2, 0) is 103 Å². The van der Waals surface area contributed by atoms with Gasteiger partial charge < -0.3 is 0 Å². The zero-order valence-corrected chi connectivity index (χ0v) is 36.5. The highest BCUT2D eigenvalue weighted by atomic mass is 14.4. The largest absolute Gasteiger partial charge is 0.0613 e. The van der Waals surface area contributed by atoms with Crippen molar-refractivity contribution in [2.24, 2.45) is 0 Å². The first-order chi connectivity index (χ1) is 26.3. The Morgan fingerprint density at radius 2 is 0.370 bits per heavy atom. The van der Waals surface area contributed by atoms with E-state index in [1.165, 1.54) is 0 Å². The van der Waals surface area contributed by atoms with Gasteiger partial charge in [-0.25, -0.2) is 0 Å². The van der Waals surface area contributed by atoms with E-state index in [9.17, 15) is 0 Å². The lowest BCUT2D eigenvalue weighted by Crippen LogP contribution is -2.21. The summed E-state index contributed by atoms with van der Waals surface area (Å²) >= 11 is 0. The number of hydrogen-bond acceptors (Lipinski definition) is 0. The van der Waals surface area contributed by atoms with Gasteiger partial charge in [-0.1, -0.05) is 83.1 Å². The first-order valence-electron chi connectivity index (χ1n) is 22.7. The molecule has 7 rings (SSSR count). The molecule has 0 radical (unpaired) electrons. The second-order valence-corrected chi connectivity index (χ2v) is 16.5.